The van der Waals surface area contributed by atoms with Gasteiger partial charge in [-0.2, -0.15) is 4.99 Å². The molecule has 0 saturated carbocycles. The molecular weight excluding hydrogens is 254 g/mol. The number of nitrogens with two attached hydrogens (primary N) is 2. The van der Waals surface area contributed by atoms with Gasteiger partial charge in [-0.15, -0.1) is 0 Å². The Balaban J connectivity index is 2.27. The molecule has 0 fully saturated rings. The molecule has 1 aliphatic rings. The third kappa shape index (κ3) is 2.74. The maximum atomic E-state index is 5.97. The fraction of sp³-hybridized carbons (Fsp3) is 0.286. The van der Waals surface area contributed by atoms with Crippen LogP contribution in [-0.2, 0) is 0 Å². The molecule has 6 heteroatoms. The Morgan fingerprint density at radius 1 is 1.30 bits per heavy atom. The normalized spacial score (nSPS) is 17.2. The van der Waals surface area contributed by atoms with Crippen LogP contribution in [0.15, 0.2) is 46.9 Å². The highest BCUT2D eigenvalue weighted by molar-refractivity contribution is 6.05. The van der Waals surface area contributed by atoms with E-state index in [9.17, 15) is 0 Å². The molecule has 6 nitrogen and oxygen atoms in total. The second-order valence-electron chi connectivity index (χ2n) is 4.86. The first-order valence-electron chi connectivity index (χ1n) is 6.27. The molecule has 0 atom stereocenters. The van der Waals surface area contributed by atoms with Crippen molar-refractivity contribution in [3.05, 3.63) is 36.9 Å². The van der Waals surface area contributed by atoms with Crippen molar-refractivity contribution < 1.29 is 4.74 Å². The van der Waals surface area contributed by atoms with E-state index in [2.05, 4.69) is 16.6 Å². The Morgan fingerprint density at radius 3 is 2.50 bits per heavy atom. The van der Waals surface area contributed by atoms with Crippen molar-refractivity contribution in [2.45, 2.75) is 19.5 Å². The second kappa shape index (κ2) is 5.24. The van der Waals surface area contributed by atoms with Gasteiger partial charge in [-0.1, -0.05) is 12.7 Å². The molecule has 0 radical (unpaired) electrons. The van der Waals surface area contributed by atoms with Gasteiger partial charge >= 0.3 is 0 Å². The highest BCUT2D eigenvalue weighted by Crippen LogP contribution is 2.28. The van der Waals surface area contributed by atoms with Gasteiger partial charge < -0.3 is 16.2 Å². The molecule has 1 aromatic carbocycles. The van der Waals surface area contributed by atoms with Crippen LogP contribution in [0.5, 0.6) is 5.75 Å². The largest absolute Gasteiger partial charge is 0.490 e. The molecule has 0 amide bonds. The summed E-state index contributed by atoms with van der Waals surface area (Å²) in [4.78, 5) is 10.1. The van der Waals surface area contributed by atoms with E-state index < -0.39 is 5.66 Å². The third-order valence-electron chi connectivity index (χ3n) is 2.86. The van der Waals surface area contributed by atoms with E-state index in [0.717, 1.165) is 11.4 Å². The number of ether oxygens (including phenoxy) is 1. The smallest absolute Gasteiger partial charge is 0.220 e. The van der Waals surface area contributed by atoms with E-state index in [1.165, 1.54) is 0 Å². The van der Waals surface area contributed by atoms with Crippen LogP contribution in [0.2, 0.25) is 0 Å². The van der Waals surface area contributed by atoms with Crippen LogP contribution < -0.4 is 21.1 Å². The highest BCUT2D eigenvalue weighted by Gasteiger charge is 2.32. The monoisotopic (exact) mass is 273 g/mol. The van der Waals surface area contributed by atoms with Crippen molar-refractivity contribution in [3.8, 4) is 5.75 Å². The van der Waals surface area contributed by atoms with E-state index in [1.54, 1.807) is 6.08 Å². The predicted octanol–water partition coefficient (Wildman–Crippen LogP) is 1.44. The molecule has 0 saturated heterocycles. The van der Waals surface area contributed by atoms with Gasteiger partial charge in [0.15, 0.2) is 0 Å². The predicted molar refractivity (Wildman–Crippen MR) is 81.9 cm³/mol. The summed E-state index contributed by atoms with van der Waals surface area (Å²) >= 11 is 0. The molecule has 1 heterocycles. The van der Waals surface area contributed by atoms with Crippen LogP contribution in [0.25, 0.3) is 0 Å². The SMILES string of the molecule is C=CCOc1ccc(N2C(N)=NC(N)=NC2(C)C)cc1. The number of anilines is 1. The summed E-state index contributed by atoms with van der Waals surface area (Å²) in [5, 5.41) is 0. The number of guanidine groups is 2. The Bertz CT molecular complexity index is 559. The Morgan fingerprint density at radius 2 is 1.95 bits per heavy atom. The molecule has 0 unspecified atom stereocenters. The summed E-state index contributed by atoms with van der Waals surface area (Å²) in [7, 11) is 0. The molecule has 2 rings (SSSR count). The summed E-state index contributed by atoms with van der Waals surface area (Å²) in [6.07, 6.45) is 1.70. The summed E-state index contributed by atoms with van der Waals surface area (Å²) in [5.74, 6) is 1.28. The number of rotatable bonds is 4. The van der Waals surface area contributed by atoms with Crippen LogP contribution >= 0.6 is 0 Å². The van der Waals surface area contributed by atoms with Crippen molar-refractivity contribution in [2.24, 2.45) is 21.5 Å². The quantitative estimate of drug-likeness (QED) is 0.812. The fourth-order valence-corrected chi connectivity index (χ4v) is 2.10. The first-order valence-corrected chi connectivity index (χ1v) is 6.27. The van der Waals surface area contributed by atoms with Crippen molar-refractivity contribution in [1.29, 1.82) is 0 Å². The Labute approximate surface area is 118 Å². The van der Waals surface area contributed by atoms with Crippen LogP contribution in [0, 0.1) is 0 Å². The zero-order chi connectivity index (χ0) is 14.8. The molecule has 4 N–H and O–H groups in total. The molecule has 1 aliphatic heterocycles. The van der Waals surface area contributed by atoms with Gasteiger partial charge in [-0.3, -0.25) is 4.90 Å². The van der Waals surface area contributed by atoms with Gasteiger partial charge in [0, 0.05) is 5.69 Å². The lowest BCUT2D eigenvalue weighted by Gasteiger charge is -2.38. The first-order chi connectivity index (χ1) is 9.44. The zero-order valence-electron chi connectivity index (χ0n) is 11.7. The van der Waals surface area contributed by atoms with Crippen LogP contribution in [0.3, 0.4) is 0 Å². The minimum atomic E-state index is -0.584. The van der Waals surface area contributed by atoms with Gasteiger partial charge in [0.1, 0.15) is 18.0 Å². The van der Waals surface area contributed by atoms with Crippen molar-refractivity contribution >= 4 is 17.6 Å². The number of aliphatic imine (C=N–C) groups is 2. The van der Waals surface area contributed by atoms with Crippen LogP contribution in [0.1, 0.15) is 13.8 Å². The van der Waals surface area contributed by atoms with Crippen LogP contribution in [0.4, 0.5) is 5.69 Å². The van der Waals surface area contributed by atoms with Crippen molar-refractivity contribution in [2.75, 3.05) is 11.5 Å². The Kier molecular flexibility index (Phi) is 3.65. The lowest BCUT2D eigenvalue weighted by atomic mass is 10.1. The third-order valence-corrected chi connectivity index (χ3v) is 2.86. The average Bonchev–Trinajstić information content (AvgIpc) is 2.35. The van der Waals surface area contributed by atoms with Gasteiger partial charge in [0.05, 0.1) is 0 Å². The lowest BCUT2D eigenvalue weighted by molar-refractivity contribution is 0.363. The number of hydrogen-bond acceptors (Lipinski definition) is 6. The fourth-order valence-electron chi connectivity index (χ4n) is 2.10. The van der Waals surface area contributed by atoms with Gasteiger partial charge in [0.25, 0.3) is 0 Å². The summed E-state index contributed by atoms with van der Waals surface area (Å²) in [6, 6.07) is 7.53. The molecular formula is C14H19N5O. The summed E-state index contributed by atoms with van der Waals surface area (Å²) in [6.45, 7) is 7.92. The minimum Gasteiger partial charge on any atom is -0.490 e. The summed E-state index contributed by atoms with van der Waals surface area (Å²) in [5.41, 5.74) is 11.9. The number of nitrogens with zero attached hydrogens (tertiary/aromatic N) is 3. The van der Waals surface area contributed by atoms with Gasteiger partial charge in [0.2, 0.25) is 11.9 Å². The van der Waals surface area contributed by atoms with E-state index in [0.29, 0.717) is 12.6 Å². The molecule has 0 aromatic heterocycles. The maximum absolute atomic E-state index is 5.97. The second-order valence-corrected chi connectivity index (χ2v) is 4.86. The number of benzene rings is 1. The van der Waals surface area contributed by atoms with Crippen molar-refractivity contribution in [3.63, 3.8) is 0 Å². The molecule has 0 spiro atoms. The van der Waals surface area contributed by atoms with Gasteiger partial charge in [-0.25, -0.2) is 4.99 Å². The van der Waals surface area contributed by atoms with Gasteiger partial charge in [-0.05, 0) is 38.1 Å². The topological polar surface area (TPSA) is 89.2 Å². The van der Waals surface area contributed by atoms with E-state index >= 15 is 0 Å². The highest BCUT2D eigenvalue weighted by atomic mass is 16.5. The molecule has 20 heavy (non-hydrogen) atoms. The average molecular weight is 273 g/mol. The standard InChI is InChI=1S/C14H19N5O/c1-4-9-20-11-7-5-10(6-8-11)19-13(16)17-12(15)18-14(19,2)3/h4-8H,1,9H2,2-3H3,(H4,15,16,17,18). The van der Waals surface area contributed by atoms with E-state index in [4.69, 9.17) is 16.2 Å². The molecule has 0 bridgehead atoms. The number of hydrogen-bond donors (Lipinski definition) is 2. The van der Waals surface area contributed by atoms with E-state index in [1.807, 2.05) is 43.0 Å². The minimum absolute atomic E-state index is 0.190. The molecule has 106 valence electrons. The molecule has 0 aliphatic carbocycles. The lowest BCUT2D eigenvalue weighted by Crippen LogP contribution is -2.54. The maximum Gasteiger partial charge on any atom is 0.220 e. The Hall–Kier alpha value is -2.50. The van der Waals surface area contributed by atoms with Crippen LogP contribution in [-0.4, -0.2) is 24.2 Å². The van der Waals surface area contributed by atoms with E-state index in [-0.39, 0.29) is 5.96 Å². The first kappa shape index (κ1) is 13.9. The van der Waals surface area contributed by atoms with Crippen molar-refractivity contribution in [1.82, 2.24) is 0 Å². The summed E-state index contributed by atoms with van der Waals surface area (Å²) < 4.78 is 5.45. The zero-order valence-corrected chi connectivity index (χ0v) is 11.7. The molecule has 1 aromatic rings.